The minimum atomic E-state index is 0.393. The number of benzene rings is 2. The summed E-state index contributed by atoms with van der Waals surface area (Å²) in [5, 5.41) is 11.1. The minimum Gasteiger partial charge on any atom is -0.508 e. The Bertz CT molecular complexity index is 1140. The van der Waals surface area contributed by atoms with Crippen LogP contribution in [0.5, 0.6) is 11.5 Å². The minimum absolute atomic E-state index is 0.393. The van der Waals surface area contributed by atoms with E-state index in [2.05, 4.69) is 50.9 Å². The van der Waals surface area contributed by atoms with Gasteiger partial charge in [-0.05, 0) is 67.6 Å². The van der Waals surface area contributed by atoms with E-state index in [9.17, 15) is 5.11 Å². The zero-order valence-electron chi connectivity index (χ0n) is 21.1. The summed E-state index contributed by atoms with van der Waals surface area (Å²) < 4.78 is 5.53. The largest absolute Gasteiger partial charge is 0.508 e. The van der Waals surface area contributed by atoms with Gasteiger partial charge in [0.15, 0.2) is 0 Å². The van der Waals surface area contributed by atoms with Crippen molar-refractivity contribution in [1.29, 1.82) is 0 Å². The van der Waals surface area contributed by atoms with Crippen LogP contribution in [0.2, 0.25) is 0 Å². The second-order valence-electron chi connectivity index (χ2n) is 9.90. The number of aromatic nitrogens is 1. The predicted molar refractivity (Wildman–Crippen MR) is 143 cm³/mol. The maximum atomic E-state index is 9.94. The van der Waals surface area contributed by atoms with Crippen LogP contribution in [0.3, 0.4) is 0 Å². The molecule has 186 valence electrons. The van der Waals surface area contributed by atoms with Gasteiger partial charge in [0, 0.05) is 62.6 Å². The van der Waals surface area contributed by atoms with Crippen LogP contribution in [0.4, 0.5) is 5.69 Å². The quantitative estimate of drug-likeness (QED) is 0.524. The number of hydrogen-bond donors (Lipinski definition) is 1. The van der Waals surface area contributed by atoms with Crippen molar-refractivity contribution in [3.05, 3.63) is 59.8 Å². The second kappa shape index (κ2) is 10.8. The Morgan fingerprint density at radius 2 is 1.91 bits per heavy atom. The van der Waals surface area contributed by atoms with Gasteiger partial charge in [-0.25, -0.2) is 0 Å². The highest BCUT2D eigenvalue weighted by atomic mass is 16.5. The lowest BCUT2D eigenvalue weighted by Crippen LogP contribution is -2.50. The number of aryl methyl sites for hydroxylation is 1. The van der Waals surface area contributed by atoms with Gasteiger partial charge in [0.05, 0.1) is 7.11 Å². The Hall–Kier alpha value is -2.83. The number of rotatable bonds is 8. The normalized spacial score (nSPS) is 18.7. The summed E-state index contributed by atoms with van der Waals surface area (Å²) in [6, 6.07) is 14.8. The van der Waals surface area contributed by atoms with E-state index in [0.717, 1.165) is 75.3 Å². The van der Waals surface area contributed by atoms with Crippen molar-refractivity contribution in [2.45, 2.75) is 38.6 Å². The lowest BCUT2D eigenvalue weighted by Gasteiger charge is -2.39. The predicted octanol–water partition coefficient (Wildman–Crippen LogP) is 4.34. The van der Waals surface area contributed by atoms with Gasteiger partial charge in [0.25, 0.3) is 0 Å². The van der Waals surface area contributed by atoms with Crippen molar-refractivity contribution in [1.82, 2.24) is 14.8 Å². The Balaban J connectivity index is 1.19. The van der Waals surface area contributed by atoms with Gasteiger partial charge in [0.1, 0.15) is 17.0 Å². The molecule has 1 aliphatic heterocycles. The number of hydrogen-bond acceptors (Lipinski definition) is 6. The zero-order valence-corrected chi connectivity index (χ0v) is 21.1. The highest BCUT2D eigenvalue weighted by Crippen LogP contribution is 2.31. The fourth-order valence-electron chi connectivity index (χ4n) is 5.86. The molecule has 0 spiro atoms. The van der Waals surface area contributed by atoms with Crippen LogP contribution < -0.4 is 9.64 Å². The number of ether oxygens (including phenoxy) is 1. The lowest BCUT2D eigenvalue weighted by molar-refractivity contribution is 0.145. The van der Waals surface area contributed by atoms with Gasteiger partial charge in [-0.15, -0.1) is 0 Å². The molecule has 2 aromatic carbocycles. The molecule has 1 saturated heterocycles. The monoisotopic (exact) mass is 474 g/mol. The van der Waals surface area contributed by atoms with Gasteiger partial charge in [-0.2, -0.15) is 0 Å². The molecule has 2 heterocycles. The van der Waals surface area contributed by atoms with E-state index in [0.29, 0.717) is 11.8 Å². The SMILES string of the molecule is CCCN(CCN1CCN(c2ccnc3c(OC)cccc23)CC1)C1CCc2ccc(O)cc2C1. The molecule has 1 aliphatic carbocycles. The molecule has 0 saturated carbocycles. The maximum Gasteiger partial charge on any atom is 0.145 e. The molecule has 0 amide bonds. The number of pyridine rings is 1. The first-order valence-corrected chi connectivity index (χ1v) is 13.1. The molecule has 2 aliphatic rings. The van der Waals surface area contributed by atoms with E-state index >= 15 is 0 Å². The zero-order chi connectivity index (χ0) is 24.2. The Morgan fingerprint density at radius 1 is 1.06 bits per heavy atom. The molecule has 6 heteroatoms. The molecular weight excluding hydrogens is 436 g/mol. The van der Waals surface area contributed by atoms with E-state index in [1.54, 1.807) is 7.11 Å². The lowest BCUT2D eigenvalue weighted by atomic mass is 9.87. The summed E-state index contributed by atoms with van der Waals surface area (Å²) in [4.78, 5) is 12.4. The van der Waals surface area contributed by atoms with Crippen LogP contribution in [0, 0.1) is 0 Å². The number of nitrogens with zero attached hydrogens (tertiary/aromatic N) is 4. The molecule has 35 heavy (non-hydrogen) atoms. The van der Waals surface area contributed by atoms with Crippen molar-refractivity contribution in [2.75, 3.05) is 57.8 Å². The van der Waals surface area contributed by atoms with Gasteiger partial charge in [-0.3, -0.25) is 14.8 Å². The summed E-state index contributed by atoms with van der Waals surface area (Å²) >= 11 is 0. The molecule has 6 nitrogen and oxygen atoms in total. The number of aromatic hydroxyl groups is 1. The van der Waals surface area contributed by atoms with Crippen molar-refractivity contribution < 1.29 is 9.84 Å². The van der Waals surface area contributed by atoms with E-state index in [1.807, 2.05) is 24.4 Å². The van der Waals surface area contributed by atoms with Crippen LogP contribution >= 0.6 is 0 Å². The average Bonchev–Trinajstić information content (AvgIpc) is 2.90. The topological polar surface area (TPSA) is 52.1 Å². The molecule has 0 radical (unpaired) electrons. The molecular formula is C29H38N4O2. The van der Waals surface area contributed by atoms with E-state index in [4.69, 9.17) is 4.74 Å². The molecule has 1 N–H and O–H groups in total. The molecule has 1 unspecified atom stereocenters. The Morgan fingerprint density at radius 3 is 2.71 bits per heavy atom. The van der Waals surface area contributed by atoms with Crippen molar-refractivity contribution in [3.8, 4) is 11.5 Å². The first kappa shape index (κ1) is 23.9. The van der Waals surface area contributed by atoms with E-state index in [1.165, 1.54) is 29.7 Å². The van der Waals surface area contributed by atoms with Gasteiger partial charge >= 0.3 is 0 Å². The number of para-hydroxylation sites is 1. The highest BCUT2D eigenvalue weighted by Gasteiger charge is 2.25. The fraction of sp³-hybridized carbons (Fsp3) is 0.483. The molecule has 1 atom stereocenters. The molecule has 1 aromatic heterocycles. The van der Waals surface area contributed by atoms with Crippen LogP contribution in [-0.2, 0) is 12.8 Å². The van der Waals surface area contributed by atoms with Crippen LogP contribution in [-0.4, -0.2) is 78.9 Å². The van der Waals surface area contributed by atoms with Crippen LogP contribution in [0.1, 0.15) is 30.9 Å². The smallest absolute Gasteiger partial charge is 0.145 e. The second-order valence-corrected chi connectivity index (χ2v) is 9.90. The van der Waals surface area contributed by atoms with E-state index in [-0.39, 0.29) is 0 Å². The molecule has 0 bridgehead atoms. The number of fused-ring (bicyclic) bond motifs is 2. The average molecular weight is 475 g/mol. The maximum absolute atomic E-state index is 9.94. The highest BCUT2D eigenvalue weighted by molar-refractivity contribution is 5.95. The van der Waals surface area contributed by atoms with Gasteiger partial charge < -0.3 is 14.7 Å². The summed E-state index contributed by atoms with van der Waals surface area (Å²) in [6.45, 7) is 9.86. The number of phenols is 1. The number of piperazine rings is 1. The van der Waals surface area contributed by atoms with Crippen LogP contribution in [0.25, 0.3) is 10.9 Å². The van der Waals surface area contributed by atoms with Crippen molar-refractivity contribution >= 4 is 16.6 Å². The third-order valence-electron chi connectivity index (χ3n) is 7.77. The molecule has 5 rings (SSSR count). The van der Waals surface area contributed by atoms with Crippen molar-refractivity contribution in [3.63, 3.8) is 0 Å². The van der Waals surface area contributed by atoms with Gasteiger partial charge in [0.2, 0.25) is 0 Å². The third-order valence-corrected chi connectivity index (χ3v) is 7.77. The van der Waals surface area contributed by atoms with Crippen molar-refractivity contribution in [2.24, 2.45) is 0 Å². The third kappa shape index (κ3) is 5.24. The first-order valence-electron chi connectivity index (χ1n) is 13.1. The Kier molecular flexibility index (Phi) is 7.40. The number of anilines is 1. The van der Waals surface area contributed by atoms with E-state index < -0.39 is 0 Å². The Labute approximate surface area is 209 Å². The summed E-state index contributed by atoms with van der Waals surface area (Å²) in [5.74, 6) is 1.23. The molecule has 3 aromatic rings. The van der Waals surface area contributed by atoms with Gasteiger partial charge in [-0.1, -0.05) is 25.1 Å². The summed E-state index contributed by atoms with van der Waals surface area (Å²) in [7, 11) is 1.71. The summed E-state index contributed by atoms with van der Waals surface area (Å²) in [5.41, 5.74) is 4.93. The standard InChI is InChI=1S/C29H38N4O2/c1-3-13-32(24-9-7-22-8-10-25(34)21-23(22)20-24)17-14-31-15-18-33(19-16-31)27-11-12-30-29-26(27)5-4-6-28(29)35-2/h4-6,8,10-12,21,24,34H,3,7,9,13-20H2,1-2H3. The first-order chi connectivity index (χ1) is 17.2. The molecule has 1 fully saturated rings. The fourth-order valence-corrected chi connectivity index (χ4v) is 5.86. The van der Waals surface area contributed by atoms with Crippen LogP contribution in [0.15, 0.2) is 48.7 Å². The summed E-state index contributed by atoms with van der Waals surface area (Å²) in [6.07, 6.45) is 6.46. The number of methoxy groups -OCH3 is 1. The number of phenolic OH excluding ortho intramolecular Hbond substituents is 1.